The minimum absolute atomic E-state index is 0.0870. The van der Waals surface area contributed by atoms with Crippen molar-refractivity contribution >= 4 is 11.8 Å². The number of cyclic esters (lactones) is 1. The van der Waals surface area contributed by atoms with Crippen molar-refractivity contribution in [2.45, 2.75) is 18.9 Å². The van der Waals surface area contributed by atoms with E-state index >= 15 is 0 Å². The Balaban J connectivity index is 2.08. The average molecular weight is 236 g/mol. The van der Waals surface area contributed by atoms with Crippen LogP contribution in [0.3, 0.4) is 0 Å². The largest absolute Gasteiger partial charge is 0.506 e. The standard InChI is InChI=1S/C12H16N2O3/c13-7-3-4-9-8-14(12(16)17-9)10-5-1-2-6-11(10)15/h1-2,5-6,9,15H,3-4,7-8,13H2. The van der Waals surface area contributed by atoms with Crippen LogP contribution in [0.2, 0.25) is 0 Å². The molecule has 1 aliphatic heterocycles. The zero-order chi connectivity index (χ0) is 12.3. The van der Waals surface area contributed by atoms with Crippen LogP contribution in [0.4, 0.5) is 10.5 Å². The fourth-order valence-corrected chi connectivity index (χ4v) is 1.91. The van der Waals surface area contributed by atoms with Crippen molar-refractivity contribution in [3.8, 4) is 5.75 Å². The molecule has 5 heteroatoms. The van der Waals surface area contributed by atoms with Gasteiger partial charge in [0.2, 0.25) is 0 Å². The van der Waals surface area contributed by atoms with Crippen molar-refractivity contribution in [1.82, 2.24) is 0 Å². The Bertz CT molecular complexity index is 408. The highest BCUT2D eigenvalue weighted by Crippen LogP contribution is 2.30. The van der Waals surface area contributed by atoms with E-state index in [1.165, 1.54) is 4.90 Å². The highest BCUT2D eigenvalue weighted by atomic mass is 16.6. The predicted molar refractivity (Wildman–Crippen MR) is 64.0 cm³/mol. The number of para-hydroxylation sites is 2. The number of phenols is 1. The number of nitrogens with zero attached hydrogens (tertiary/aromatic N) is 1. The smallest absolute Gasteiger partial charge is 0.414 e. The van der Waals surface area contributed by atoms with Gasteiger partial charge in [-0.2, -0.15) is 0 Å². The van der Waals surface area contributed by atoms with E-state index in [-0.39, 0.29) is 11.9 Å². The van der Waals surface area contributed by atoms with Crippen molar-refractivity contribution in [2.75, 3.05) is 18.0 Å². The molecule has 1 amide bonds. The third kappa shape index (κ3) is 2.50. The number of carbonyl (C=O) groups excluding carboxylic acids is 1. The lowest BCUT2D eigenvalue weighted by Gasteiger charge is -2.14. The van der Waals surface area contributed by atoms with E-state index in [2.05, 4.69) is 0 Å². The summed E-state index contributed by atoms with van der Waals surface area (Å²) in [6, 6.07) is 6.74. The number of hydrogen-bond donors (Lipinski definition) is 2. The number of anilines is 1. The van der Waals surface area contributed by atoms with Crippen LogP contribution in [0.5, 0.6) is 5.75 Å². The Labute approximate surface area is 99.8 Å². The Morgan fingerprint density at radius 1 is 1.47 bits per heavy atom. The Morgan fingerprint density at radius 3 is 2.94 bits per heavy atom. The van der Waals surface area contributed by atoms with E-state index in [4.69, 9.17) is 10.5 Å². The zero-order valence-electron chi connectivity index (χ0n) is 9.50. The number of hydrogen-bond acceptors (Lipinski definition) is 4. The van der Waals surface area contributed by atoms with E-state index in [0.29, 0.717) is 18.8 Å². The van der Waals surface area contributed by atoms with Crippen molar-refractivity contribution in [1.29, 1.82) is 0 Å². The molecule has 2 rings (SSSR count). The summed E-state index contributed by atoms with van der Waals surface area (Å²) in [5, 5.41) is 9.68. The first-order valence-corrected chi connectivity index (χ1v) is 5.68. The summed E-state index contributed by atoms with van der Waals surface area (Å²) in [5.74, 6) is 0.0870. The molecule has 1 aliphatic rings. The molecule has 1 aromatic carbocycles. The topological polar surface area (TPSA) is 75.8 Å². The molecule has 0 aliphatic carbocycles. The number of amides is 1. The molecule has 92 valence electrons. The van der Waals surface area contributed by atoms with E-state index in [1.54, 1.807) is 24.3 Å². The van der Waals surface area contributed by atoms with Crippen LogP contribution >= 0.6 is 0 Å². The minimum Gasteiger partial charge on any atom is -0.506 e. The van der Waals surface area contributed by atoms with Crippen LogP contribution < -0.4 is 10.6 Å². The lowest BCUT2D eigenvalue weighted by atomic mass is 10.2. The molecule has 0 bridgehead atoms. The molecular formula is C12H16N2O3. The fourth-order valence-electron chi connectivity index (χ4n) is 1.91. The second kappa shape index (κ2) is 5.05. The SMILES string of the molecule is NCCCC1CN(c2ccccc2O)C(=O)O1. The van der Waals surface area contributed by atoms with Gasteiger partial charge in [-0.1, -0.05) is 12.1 Å². The lowest BCUT2D eigenvalue weighted by molar-refractivity contribution is 0.136. The van der Waals surface area contributed by atoms with Crippen molar-refractivity contribution in [2.24, 2.45) is 5.73 Å². The van der Waals surface area contributed by atoms with Gasteiger partial charge in [0.25, 0.3) is 0 Å². The molecular weight excluding hydrogens is 220 g/mol. The van der Waals surface area contributed by atoms with Gasteiger partial charge >= 0.3 is 6.09 Å². The van der Waals surface area contributed by atoms with Gasteiger partial charge in [-0.15, -0.1) is 0 Å². The Hall–Kier alpha value is -1.75. The summed E-state index contributed by atoms with van der Waals surface area (Å²) in [4.78, 5) is 13.1. The summed E-state index contributed by atoms with van der Waals surface area (Å²) in [7, 11) is 0. The van der Waals surface area contributed by atoms with Crippen LogP contribution in [0.15, 0.2) is 24.3 Å². The third-order valence-electron chi connectivity index (χ3n) is 2.78. The van der Waals surface area contributed by atoms with Crippen molar-refractivity contribution in [3.63, 3.8) is 0 Å². The molecule has 1 heterocycles. The van der Waals surface area contributed by atoms with Gasteiger partial charge in [0.05, 0.1) is 12.2 Å². The van der Waals surface area contributed by atoms with Gasteiger partial charge < -0.3 is 15.6 Å². The van der Waals surface area contributed by atoms with Crippen LogP contribution in [-0.4, -0.2) is 30.4 Å². The highest BCUT2D eigenvalue weighted by Gasteiger charge is 2.32. The number of phenolic OH excluding ortho intramolecular Hbond substituents is 1. The molecule has 1 saturated heterocycles. The molecule has 1 atom stereocenters. The molecule has 0 aromatic heterocycles. The minimum atomic E-state index is -0.409. The average Bonchev–Trinajstić information content (AvgIpc) is 2.68. The van der Waals surface area contributed by atoms with Crippen LogP contribution in [0.25, 0.3) is 0 Å². The first kappa shape index (κ1) is 11.7. The van der Waals surface area contributed by atoms with Crippen LogP contribution in [-0.2, 0) is 4.74 Å². The third-order valence-corrected chi connectivity index (χ3v) is 2.78. The van der Waals surface area contributed by atoms with Gasteiger partial charge in [-0.05, 0) is 31.5 Å². The predicted octanol–water partition coefficient (Wildman–Crippen LogP) is 1.46. The van der Waals surface area contributed by atoms with Crippen LogP contribution in [0, 0.1) is 0 Å². The summed E-state index contributed by atoms with van der Waals surface area (Å²) < 4.78 is 5.21. The van der Waals surface area contributed by atoms with Gasteiger partial charge in [0, 0.05) is 0 Å². The monoisotopic (exact) mass is 236 g/mol. The molecule has 3 N–H and O–H groups in total. The number of rotatable bonds is 4. The Morgan fingerprint density at radius 2 is 2.24 bits per heavy atom. The zero-order valence-corrected chi connectivity index (χ0v) is 9.50. The molecule has 17 heavy (non-hydrogen) atoms. The summed E-state index contributed by atoms with van der Waals surface area (Å²) >= 11 is 0. The quantitative estimate of drug-likeness (QED) is 0.829. The van der Waals surface area contributed by atoms with Crippen LogP contribution in [0.1, 0.15) is 12.8 Å². The van der Waals surface area contributed by atoms with Gasteiger partial charge in [0.15, 0.2) is 0 Å². The molecule has 1 aromatic rings. The summed E-state index contributed by atoms with van der Waals surface area (Å²) in [6.07, 6.45) is 1.04. The molecule has 1 fully saturated rings. The maximum absolute atomic E-state index is 11.7. The highest BCUT2D eigenvalue weighted by molar-refractivity contribution is 5.91. The van der Waals surface area contributed by atoms with Gasteiger partial charge in [-0.25, -0.2) is 4.79 Å². The summed E-state index contributed by atoms with van der Waals surface area (Å²) in [5.41, 5.74) is 5.91. The maximum Gasteiger partial charge on any atom is 0.414 e. The van der Waals surface area contributed by atoms with E-state index in [9.17, 15) is 9.90 Å². The van der Waals surface area contributed by atoms with Gasteiger partial charge in [0.1, 0.15) is 11.9 Å². The van der Waals surface area contributed by atoms with Gasteiger partial charge in [-0.3, -0.25) is 4.90 Å². The number of nitrogens with two attached hydrogens (primary N) is 1. The second-order valence-corrected chi connectivity index (χ2v) is 4.04. The number of carbonyl (C=O) groups is 1. The Kier molecular flexibility index (Phi) is 3.49. The fraction of sp³-hybridized carbons (Fsp3) is 0.417. The normalized spacial score (nSPS) is 19.5. The second-order valence-electron chi connectivity index (χ2n) is 4.04. The summed E-state index contributed by atoms with van der Waals surface area (Å²) in [6.45, 7) is 1.06. The maximum atomic E-state index is 11.7. The van der Waals surface area contributed by atoms with E-state index < -0.39 is 6.09 Å². The molecule has 5 nitrogen and oxygen atoms in total. The number of benzene rings is 1. The first-order chi connectivity index (χ1) is 8.22. The molecule has 1 unspecified atom stereocenters. The lowest BCUT2D eigenvalue weighted by Crippen LogP contribution is -2.24. The number of aromatic hydroxyl groups is 1. The van der Waals surface area contributed by atoms with E-state index in [1.807, 2.05) is 0 Å². The van der Waals surface area contributed by atoms with E-state index in [0.717, 1.165) is 12.8 Å². The van der Waals surface area contributed by atoms with Crippen molar-refractivity contribution in [3.05, 3.63) is 24.3 Å². The first-order valence-electron chi connectivity index (χ1n) is 5.68. The molecule has 0 spiro atoms. The molecule has 0 saturated carbocycles. The molecule has 0 radical (unpaired) electrons. The number of ether oxygens (including phenoxy) is 1. The van der Waals surface area contributed by atoms with Crippen molar-refractivity contribution < 1.29 is 14.6 Å².